The van der Waals surface area contributed by atoms with E-state index in [4.69, 9.17) is 4.98 Å². The van der Waals surface area contributed by atoms with Gasteiger partial charge in [-0.3, -0.25) is 4.98 Å². The van der Waals surface area contributed by atoms with Crippen LogP contribution in [0.15, 0.2) is 48.9 Å². The van der Waals surface area contributed by atoms with Crippen LogP contribution in [0.2, 0.25) is 0 Å². The molecule has 148 valence electrons. The summed E-state index contributed by atoms with van der Waals surface area (Å²) in [6.45, 7) is 6.31. The average Bonchev–Trinajstić information content (AvgIpc) is 3.40. The Bertz CT molecular complexity index is 1280. The molecule has 6 nitrogen and oxygen atoms in total. The van der Waals surface area contributed by atoms with Crippen LogP contribution in [0.25, 0.3) is 33.7 Å². The number of aromatic nitrogens is 4. The summed E-state index contributed by atoms with van der Waals surface area (Å²) in [5.74, 6) is 1.40. The summed E-state index contributed by atoms with van der Waals surface area (Å²) in [5.41, 5.74) is 7.49. The van der Waals surface area contributed by atoms with Crippen LogP contribution < -0.4 is 4.90 Å². The van der Waals surface area contributed by atoms with E-state index < -0.39 is 0 Å². The monoisotopic (exact) mass is 394 g/mol. The van der Waals surface area contributed by atoms with Gasteiger partial charge in [-0.05, 0) is 48.6 Å². The molecule has 1 N–H and O–H groups in total. The van der Waals surface area contributed by atoms with E-state index in [0.29, 0.717) is 17.1 Å². The van der Waals surface area contributed by atoms with Crippen LogP contribution in [0.1, 0.15) is 24.5 Å². The molecular weight excluding hydrogens is 372 g/mol. The Morgan fingerprint density at radius 1 is 1.20 bits per heavy atom. The van der Waals surface area contributed by atoms with E-state index in [1.807, 2.05) is 42.7 Å². The second kappa shape index (κ2) is 7.27. The summed E-state index contributed by atoms with van der Waals surface area (Å²) in [6.07, 6.45) is 6.71. The van der Waals surface area contributed by atoms with Gasteiger partial charge in [-0.1, -0.05) is 19.1 Å². The minimum absolute atomic E-state index is 0.629. The summed E-state index contributed by atoms with van der Waals surface area (Å²) in [5, 5.41) is 9.37. The first-order valence-electron chi connectivity index (χ1n) is 10.2. The molecule has 1 fully saturated rings. The van der Waals surface area contributed by atoms with E-state index in [2.05, 4.69) is 39.8 Å². The van der Waals surface area contributed by atoms with Crippen molar-refractivity contribution in [3.05, 3.63) is 60.0 Å². The number of aryl methyl sites for hydroxylation is 1. The van der Waals surface area contributed by atoms with Crippen LogP contribution in [-0.4, -0.2) is 33.0 Å². The minimum atomic E-state index is 0.629. The molecule has 0 radical (unpaired) electrons. The van der Waals surface area contributed by atoms with Gasteiger partial charge >= 0.3 is 0 Å². The summed E-state index contributed by atoms with van der Waals surface area (Å²) in [6, 6.07) is 11.9. The zero-order valence-electron chi connectivity index (χ0n) is 17.1. The maximum absolute atomic E-state index is 9.37. The second-order valence-corrected chi connectivity index (χ2v) is 8.03. The van der Waals surface area contributed by atoms with Crippen LogP contribution in [0, 0.1) is 24.2 Å². The van der Waals surface area contributed by atoms with E-state index in [-0.39, 0.29) is 0 Å². The number of nitriles is 1. The van der Waals surface area contributed by atoms with Gasteiger partial charge in [0.1, 0.15) is 5.82 Å². The van der Waals surface area contributed by atoms with Crippen molar-refractivity contribution in [2.45, 2.75) is 20.3 Å². The first kappa shape index (κ1) is 18.3. The molecule has 5 rings (SSSR count). The number of hydrogen-bond acceptors (Lipinski definition) is 5. The molecule has 0 spiro atoms. The van der Waals surface area contributed by atoms with E-state index >= 15 is 0 Å². The Balaban J connectivity index is 1.74. The molecule has 0 bridgehead atoms. The molecular formula is C24H22N6. The molecule has 30 heavy (non-hydrogen) atoms. The molecule has 4 aromatic rings. The number of nitrogens with zero attached hydrogens (tertiary/aromatic N) is 5. The van der Waals surface area contributed by atoms with Crippen molar-refractivity contribution < 1.29 is 0 Å². The van der Waals surface area contributed by atoms with Crippen molar-refractivity contribution >= 4 is 16.9 Å². The number of nitrogens with one attached hydrogen (secondary N) is 1. The molecule has 1 aliphatic heterocycles. The van der Waals surface area contributed by atoms with Crippen molar-refractivity contribution in [2.24, 2.45) is 5.92 Å². The maximum Gasteiger partial charge on any atom is 0.178 e. The molecule has 1 aliphatic rings. The molecule has 0 unspecified atom stereocenters. The number of rotatable bonds is 3. The van der Waals surface area contributed by atoms with Gasteiger partial charge < -0.3 is 9.88 Å². The van der Waals surface area contributed by atoms with Crippen molar-refractivity contribution in [3.63, 3.8) is 0 Å². The molecule has 4 heterocycles. The molecule has 3 aromatic heterocycles. The first-order chi connectivity index (χ1) is 14.6. The normalized spacial score (nSPS) is 16.2. The summed E-state index contributed by atoms with van der Waals surface area (Å²) in [4.78, 5) is 19.6. The van der Waals surface area contributed by atoms with Crippen molar-refractivity contribution in [3.8, 4) is 28.6 Å². The van der Waals surface area contributed by atoms with Gasteiger partial charge in [0, 0.05) is 37.2 Å². The van der Waals surface area contributed by atoms with Crippen molar-refractivity contribution in [1.29, 1.82) is 5.26 Å². The minimum Gasteiger partial charge on any atom is -0.370 e. The SMILES string of the molecule is Cc1ccnc2nc(-c3cncc(-c4cccc(C#N)c4)c3N3CC[C@@H](C)C3)[nH]c12. The number of benzene rings is 1. The van der Waals surface area contributed by atoms with E-state index in [1.54, 1.807) is 6.20 Å². The zero-order valence-corrected chi connectivity index (χ0v) is 17.1. The molecule has 1 saturated heterocycles. The van der Waals surface area contributed by atoms with Crippen LogP contribution in [0.5, 0.6) is 0 Å². The fourth-order valence-electron chi connectivity index (χ4n) is 4.24. The quantitative estimate of drug-likeness (QED) is 0.544. The predicted octanol–water partition coefficient (Wildman–Crippen LogP) is 4.71. The lowest BCUT2D eigenvalue weighted by Gasteiger charge is -2.24. The van der Waals surface area contributed by atoms with Crippen LogP contribution in [0.4, 0.5) is 5.69 Å². The van der Waals surface area contributed by atoms with Gasteiger partial charge in [0.15, 0.2) is 5.65 Å². The van der Waals surface area contributed by atoms with Crippen LogP contribution >= 0.6 is 0 Å². The number of anilines is 1. The van der Waals surface area contributed by atoms with Gasteiger partial charge in [-0.2, -0.15) is 5.26 Å². The molecule has 1 atom stereocenters. The third kappa shape index (κ3) is 3.09. The largest absolute Gasteiger partial charge is 0.370 e. The average molecular weight is 394 g/mol. The van der Waals surface area contributed by atoms with Gasteiger partial charge in [-0.15, -0.1) is 0 Å². The summed E-state index contributed by atoms with van der Waals surface area (Å²) < 4.78 is 0. The molecule has 0 saturated carbocycles. The van der Waals surface area contributed by atoms with E-state index in [1.165, 1.54) is 0 Å². The lowest BCUT2D eigenvalue weighted by atomic mass is 10.00. The number of imidazole rings is 1. The lowest BCUT2D eigenvalue weighted by molar-refractivity contribution is 0.659. The number of aromatic amines is 1. The topological polar surface area (TPSA) is 81.5 Å². The van der Waals surface area contributed by atoms with E-state index in [0.717, 1.165) is 58.8 Å². The first-order valence-corrected chi connectivity index (χ1v) is 10.2. The van der Waals surface area contributed by atoms with Crippen molar-refractivity contribution in [1.82, 2.24) is 19.9 Å². The Morgan fingerprint density at radius 3 is 2.83 bits per heavy atom. The fourth-order valence-corrected chi connectivity index (χ4v) is 4.24. The lowest BCUT2D eigenvalue weighted by Crippen LogP contribution is -2.21. The molecule has 0 aliphatic carbocycles. The maximum atomic E-state index is 9.37. The second-order valence-electron chi connectivity index (χ2n) is 8.03. The highest BCUT2D eigenvalue weighted by Crippen LogP contribution is 2.40. The summed E-state index contributed by atoms with van der Waals surface area (Å²) >= 11 is 0. The zero-order chi connectivity index (χ0) is 20.7. The highest BCUT2D eigenvalue weighted by atomic mass is 15.2. The van der Waals surface area contributed by atoms with Gasteiger partial charge in [0.05, 0.1) is 28.4 Å². The molecule has 0 amide bonds. The Labute approximate surface area is 175 Å². The fraction of sp³-hybridized carbons (Fsp3) is 0.250. The Hall–Kier alpha value is -3.72. The number of H-pyrrole nitrogens is 1. The smallest absolute Gasteiger partial charge is 0.178 e. The molecule has 6 heteroatoms. The van der Waals surface area contributed by atoms with Gasteiger partial charge in [0.2, 0.25) is 0 Å². The van der Waals surface area contributed by atoms with Crippen LogP contribution in [0.3, 0.4) is 0 Å². The number of hydrogen-bond donors (Lipinski definition) is 1. The Kier molecular flexibility index (Phi) is 4.44. The number of pyridine rings is 2. The number of fused-ring (bicyclic) bond motifs is 1. The molecule has 1 aromatic carbocycles. The summed E-state index contributed by atoms with van der Waals surface area (Å²) in [7, 11) is 0. The third-order valence-electron chi connectivity index (χ3n) is 5.82. The predicted molar refractivity (Wildman–Crippen MR) is 118 cm³/mol. The Morgan fingerprint density at radius 2 is 2.07 bits per heavy atom. The van der Waals surface area contributed by atoms with Crippen molar-refractivity contribution in [2.75, 3.05) is 18.0 Å². The van der Waals surface area contributed by atoms with Gasteiger partial charge in [-0.25, -0.2) is 9.97 Å². The third-order valence-corrected chi connectivity index (χ3v) is 5.82. The highest BCUT2D eigenvalue weighted by Gasteiger charge is 2.26. The van der Waals surface area contributed by atoms with Crippen LogP contribution in [-0.2, 0) is 0 Å². The highest BCUT2D eigenvalue weighted by molar-refractivity contribution is 5.91. The standard InChI is InChI=1S/C24H22N6/c1-15-7-9-30(14-15)22-19(18-5-3-4-17(10-18)11-25)12-26-13-20(22)23-28-21-16(2)6-8-27-24(21)29-23/h3-6,8,10,12-13,15H,7,9,14H2,1-2H3,(H,27,28,29)/t15-/m1/s1. The van der Waals surface area contributed by atoms with Gasteiger partial charge in [0.25, 0.3) is 0 Å². The van der Waals surface area contributed by atoms with E-state index in [9.17, 15) is 5.26 Å².